The normalized spacial score (nSPS) is 14.0. The second-order valence-corrected chi connectivity index (χ2v) is 5.42. The summed E-state index contributed by atoms with van der Waals surface area (Å²) in [5.74, 6) is -0.991. The molecule has 0 radical (unpaired) electrons. The molecule has 0 saturated heterocycles. The monoisotopic (exact) mass is 291 g/mol. The van der Waals surface area contributed by atoms with E-state index < -0.39 is 17.0 Å². The summed E-state index contributed by atoms with van der Waals surface area (Å²) in [6.45, 7) is 1.84. The van der Waals surface area contributed by atoms with Crippen molar-refractivity contribution in [3.05, 3.63) is 70.8 Å². The largest absolute Gasteiger partial charge is 0.395 e. The topological polar surface area (TPSA) is 46.2 Å². The number of hydrogen-bond acceptors (Lipinski definition) is 2. The molecule has 2 aromatic rings. The van der Waals surface area contributed by atoms with Crippen LogP contribution in [0.15, 0.2) is 42.5 Å². The highest BCUT2D eigenvalue weighted by molar-refractivity contribution is 5.34. The molecule has 0 aliphatic rings. The van der Waals surface area contributed by atoms with Crippen LogP contribution in [0, 0.1) is 18.6 Å². The van der Waals surface area contributed by atoms with Crippen LogP contribution in [0.1, 0.15) is 16.7 Å². The quantitative estimate of drug-likeness (QED) is 0.889. The molecule has 21 heavy (non-hydrogen) atoms. The molecule has 2 nitrogen and oxygen atoms in total. The second-order valence-electron chi connectivity index (χ2n) is 5.42. The first-order chi connectivity index (χ1) is 10.0. The third-order valence-electron chi connectivity index (χ3n) is 3.86. The second kappa shape index (κ2) is 6.33. The van der Waals surface area contributed by atoms with Gasteiger partial charge in [-0.25, -0.2) is 8.78 Å². The van der Waals surface area contributed by atoms with Crippen LogP contribution in [0.2, 0.25) is 0 Å². The van der Waals surface area contributed by atoms with E-state index in [9.17, 15) is 13.9 Å². The molecule has 0 heterocycles. The Morgan fingerprint density at radius 3 is 2.52 bits per heavy atom. The molecule has 2 aromatic carbocycles. The molecule has 0 aliphatic carbocycles. The first kappa shape index (κ1) is 15.6. The molecule has 0 fully saturated rings. The van der Waals surface area contributed by atoms with E-state index in [1.165, 1.54) is 0 Å². The Kier molecular flexibility index (Phi) is 4.70. The number of benzene rings is 2. The van der Waals surface area contributed by atoms with Gasteiger partial charge in [-0.15, -0.1) is 0 Å². The van der Waals surface area contributed by atoms with Gasteiger partial charge in [-0.3, -0.25) is 0 Å². The molecular formula is C17H19F2NO. The van der Waals surface area contributed by atoms with Crippen molar-refractivity contribution < 1.29 is 13.9 Å². The maximum Gasteiger partial charge on any atom is 0.126 e. The SMILES string of the molecule is Cc1cccc(C(CN)(CO)Cc2cc(F)ccc2F)c1. The van der Waals surface area contributed by atoms with E-state index in [2.05, 4.69) is 0 Å². The van der Waals surface area contributed by atoms with Gasteiger partial charge in [-0.2, -0.15) is 0 Å². The molecule has 4 heteroatoms. The first-order valence-corrected chi connectivity index (χ1v) is 6.83. The summed E-state index contributed by atoms with van der Waals surface area (Å²) in [5.41, 5.74) is 7.12. The van der Waals surface area contributed by atoms with Crippen molar-refractivity contribution in [3.63, 3.8) is 0 Å². The third-order valence-corrected chi connectivity index (χ3v) is 3.86. The van der Waals surface area contributed by atoms with Crippen molar-refractivity contribution in [1.29, 1.82) is 0 Å². The van der Waals surface area contributed by atoms with Crippen molar-refractivity contribution in [2.24, 2.45) is 5.73 Å². The lowest BCUT2D eigenvalue weighted by Gasteiger charge is -2.31. The highest BCUT2D eigenvalue weighted by Gasteiger charge is 2.31. The van der Waals surface area contributed by atoms with Crippen molar-refractivity contribution in [2.45, 2.75) is 18.8 Å². The van der Waals surface area contributed by atoms with Gasteiger partial charge in [-0.1, -0.05) is 29.8 Å². The van der Waals surface area contributed by atoms with Crippen LogP contribution in [0.25, 0.3) is 0 Å². The average molecular weight is 291 g/mol. The molecular weight excluding hydrogens is 272 g/mol. The van der Waals surface area contributed by atoms with Crippen LogP contribution < -0.4 is 5.73 Å². The molecule has 1 atom stereocenters. The van der Waals surface area contributed by atoms with Gasteiger partial charge in [0.25, 0.3) is 0 Å². The van der Waals surface area contributed by atoms with E-state index in [4.69, 9.17) is 5.73 Å². The van der Waals surface area contributed by atoms with E-state index in [0.717, 1.165) is 29.3 Å². The molecule has 3 N–H and O–H groups in total. The van der Waals surface area contributed by atoms with Crippen molar-refractivity contribution >= 4 is 0 Å². The highest BCUT2D eigenvalue weighted by Crippen LogP contribution is 2.29. The van der Waals surface area contributed by atoms with Crippen LogP contribution >= 0.6 is 0 Å². The number of nitrogens with two attached hydrogens (primary N) is 1. The Bertz CT molecular complexity index is 624. The zero-order chi connectivity index (χ0) is 15.5. The van der Waals surface area contributed by atoms with Gasteiger partial charge in [-0.05, 0) is 42.7 Å². The zero-order valence-electron chi connectivity index (χ0n) is 11.9. The Morgan fingerprint density at radius 1 is 1.14 bits per heavy atom. The molecule has 0 bridgehead atoms. The van der Waals surface area contributed by atoms with Gasteiger partial charge in [0.2, 0.25) is 0 Å². The van der Waals surface area contributed by atoms with Gasteiger partial charge < -0.3 is 10.8 Å². The predicted molar refractivity (Wildman–Crippen MR) is 79.1 cm³/mol. The lowest BCUT2D eigenvalue weighted by atomic mass is 9.75. The summed E-state index contributed by atoms with van der Waals surface area (Å²) in [4.78, 5) is 0. The maximum atomic E-state index is 13.9. The number of aliphatic hydroxyl groups excluding tert-OH is 1. The molecule has 0 aliphatic heterocycles. The standard InChI is InChI=1S/C17H19F2NO/c1-12-3-2-4-14(7-12)17(10-20,11-21)9-13-8-15(18)5-6-16(13)19/h2-8,21H,9-11,20H2,1H3. The number of halogens is 2. The highest BCUT2D eigenvalue weighted by atomic mass is 19.1. The molecule has 112 valence electrons. The van der Waals surface area contributed by atoms with E-state index in [1.807, 2.05) is 31.2 Å². The Balaban J connectivity index is 2.45. The summed E-state index contributed by atoms with van der Waals surface area (Å²) in [6, 6.07) is 10.9. The zero-order valence-corrected chi connectivity index (χ0v) is 11.9. The van der Waals surface area contributed by atoms with Crippen molar-refractivity contribution in [2.75, 3.05) is 13.2 Å². The Morgan fingerprint density at radius 2 is 1.90 bits per heavy atom. The van der Waals surface area contributed by atoms with Crippen LogP contribution in [-0.2, 0) is 11.8 Å². The third kappa shape index (κ3) is 3.28. The molecule has 1 unspecified atom stereocenters. The van der Waals surface area contributed by atoms with Gasteiger partial charge in [0, 0.05) is 12.0 Å². The number of aliphatic hydroxyl groups is 1. The summed E-state index contributed by atoms with van der Waals surface area (Å²) in [5, 5.41) is 9.85. The van der Waals surface area contributed by atoms with E-state index in [1.54, 1.807) is 0 Å². The van der Waals surface area contributed by atoms with Gasteiger partial charge in [0.1, 0.15) is 11.6 Å². The van der Waals surface area contributed by atoms with Gasteiger partial charge >= 0.3 is 0 Å². The van der Waals surface area contributed by atoms with Crippen LogP contribution in [0.3, 0.4) is 0 Å². The Labute approximate surface area is 123 Å². The van der Waals surface area contributed by atoms with Crippen LogP contribution in [-0.4, -0.2) is 18.3 Å². The minimum atomic E-state index is -0.819. The van der Waals surface area contributed by atoms with E-state index in [-0.39, 0.29) is 25.1 Å². The first-order valence-electron chi connectivity index (χ1n) is 6.83. The smallest absolute Gasteiger partial charge is 0.126 e. The summed E-state index contributed by atoms with van der Waals surface area (Å²) in [6.07, 6.45) is 0.146. The molecule has 2 rings (SSSR count). The molecule has 0 saturated carbocycles. The summed E-state index contributed by atoms with van der Waals surface area (Å²) >= 11 is 0. The average Bonchev–Trinajstić information content (AvgIpc) is 2.48. The fraction of sp³-hybridized carbons (Fsp3) is 0.294. The minimum absolute atomic E-state index is 0.142. The van der Waals surface area contributed by atoms with Gasteiger partial charge in [0.05, 0.1) is 6.61 Å². The van der Waals surface area contributed by atoms with Crippen LogP contribution in [0.4, 0.5) is 8.78 Å². The van der Waals surface area contributed by atoms with E-state index in [0.29, 0.717) is 0 Å². The maximum absolute atomic E-state index is 13.9. The van der Waals surface area contributed by atoms with Crippen molar-refractivity contribution in [3.8, 4) is 0 Å². The van der Waals surface area contributed by atoms with Gasteiger partial charge in [0.15, 0.2) is 0 Å². The summed E-state index contributed by atoms with van der Waals surface area (Å²) < 4.78 is 27.2. The van der Waals surface area contributed by atoms with E-state index >= 15 is 0 Å². The molecule has 0 spiro atoms. The number of hydrogen-bond donors (Lipinski definition) is 2. The van der Waals surface area contributed by atoms with Crippen LogP contribution in [0.5, 0.6) is 0 Å². The minimum Gasteiger partial charge on any atom is -0.395 e. The number of rotatable bonds is 5. The Hall–Kier alpha value is -1.78. The fourth-order valence-corrected chi connectivity index (χ4v) is 2.52. The molecule has 0 aromatic heterocycles. The van der Waals surface area contributed by atoms with Crippen molar-refractivity contribution in [1.82, 2.24) is 0 Å². The summed E-state index contributed by atoms with van der Waals surface area (Å²) in [7, 11) is 0. The predicted octanol–water partition coefficient (Wildman–Crippen LogP) is 2.70. The lowest BCUT2D eigenvalue weighted by Crippen LogP contribution is -2.41. The fourth-order valence-electron chi connectivity index (χ4n) is 2.52. The number of aryl methyl sites for hydroxylation is 1. The molecule has 0 amide bonds. The lowest BCUT2D eigenvalue weighted by molar-refractivity contribution is 0.195.